The van der Waals surface area contributed by atoms with Crippen molar-refractivity contribution >= 4 is 35.0 Å². The average Bonchev–Trinajstić information content (AvgIpc) is 3.24. The molecule has 0 aliphatic rings. The Balaban J connectivity index is 1.61. The van der Waals surface area contributed by atoms with Gasteiger partial charge in [-0.1, -0.05) is 24.8 Å². The molecule has 2 aromatic carbocycles. The normalized spacial score (nSPS) is 10.5. The van der Waals surface area contributed by atoms with Gasteiger partial charge < -0.3 is 15.4 Å². The van der Waals surface area contributed by atoms with Crippen LogP contribution < -0.4 is 15.4 Å². The fraction of sp³-hybridized carbons (Fsp3) is 0.286. The molecule has 0 bridgehead atoms. The number of nitrogens with one attached hydrogen (secondary N) is 2. The molecule has 0 spiro atoms. The van der Waals surface area contributed by atoms with Crippen molar-refractivity contribution in [3.05, 3.63) is 48.0 Å². The summed E-state index contributed by atoms with van der Waals surface area (Å²) < 4.78 is 7.01. The number of nitrogens with zero attached hydrogens (tertiary/aromatic N) is 4. The maximum absolute atomic E-state index is 12.4. The van der Waals surface area contributed by atoms with Gasteiger partial charge in [0.25, 0.3) is 0 Å². The number of tetrazole rings is 1. The number of aryl methyl sites for hydroxylation is 1. The molecule has 0 aliphatic carbocycles. The maximum atomic E-state index is 12.4. The third kappa shape index (κ3) is 6.05. The molecular weight excluding hydrogens is 416 g/mol. The molecule has 9 nitrogen and oxygen atoms in total. The van der Waals surface area contributed by atoms with Crippen LogP contribution in [0, 0.1) is 6.92 Å². The third-order valence-corrected chi connectivity index (χ3v) is 5.20. The topological polar surface area (TPSA) is 111 Å². The van der Waals surface area contributed by atoms with Crippen LogP contribution >= 0.6 is 11.8 Å². The van der Waals surface area contributed by atoms with E-state index in [1.807, 2.05) is 44.2 Å². The SMILES string of the molecule is CCOc1ccc(-n2nnnc2SCC(=O)Nc2ccc(C)c(NC(=O)CC)c2)cc1. The molecule has 0 radical (unpaired) electrons. The lowest BCUT2D eigenvalue weighted by molar-refractivity contribution is -0.116. The van der Waals surface area contributed by atoms with Crippen LogP contribution in [0.5, 0.6) is 5.75 Å². The van der Waals surface area contributed by atoms with Gasteiger partial charge in [-0.15, -0.1) is 5.10 Å². The zero-order valence-electron chi connectivity index (χ0n) is 17.6. The fourth-order valence-electron chi connectivity index (χ4n) is 2.68. The van der Waals surface area contributed by atoms with E-state index in [4.69, 9.17) is 4.74 Å². The minimum Gasteiger partial charge on any atom is -0.494 e. The predicted octanol–water partition coefficient (Wildman–Crippen LogP) is 3.45. The standard InChI is InChI=1S/C21H24N6O3S/c1-4-19(28)23-18-12-15(7-6-14(18)3)22-20(29)13-31-21-24-25-26-27(21)16-8-10-17(11-9-16)30-5-2/h6-12H,4-5,13H2,1-3H3,(H,22,29)(H,23,28). The fourth-order valence-corrected chi connectivity index (χ4v) is 3.37. The van der Waals surface area contributed by atoms with Crippen LogP contribution in [0.25, 0.3) is 5.69 Å². The molecule has 0 aliphatic heterocycles. The number of carbonyl (C=O) groups excluding carboxylic acids is 2. The van der Waals surface area contributed by atoms with Crippen LogP contribution in [0.2, 0.25) is 0 Å². The molecule has 0 saturated carbocycles. The summed E-state index contributed by atoms with van der Waals surface area (Å²) in [5.74, 6) is 0.605. The summed E-state index contributed by atoms with van der Waals surface area (Å²) in [5, 5.41) is 17.9. The first-order valence-corrected chi connectivity index (χ1v) is 10.8. The Morgan fingerprint density at radius 2 is 1.84 bits per heavy atom. The first-order chi connectivity index (χ1) is 15.0. The van der Waals surface area contributed by atoms with Gasteiger partial charge in [-0.3, -0.25) is 9.59 Å². The number of anilines is 2. The van der Waals surface area contributed by atoms with Gasteiger partial charge in [0, 0.05) is 17.8 Å². The quantitative estimate of drug-likeness (QED) is 0.490. The molecule has 3 rings (SSSR count). The van der Waals surface area contributed by atoms with Crippen LogP contribution in [-0.2, 0) is 9.59 Å². The second-order valence-electron chi connectivity index (χ2n) is 6.57. The van der Waals surface area contributed by atoms with E-state index in [1.54, 1.807) is 23.7 Å². The van der Waals surface area contributed by atoms with Gasteiger partial charge in [0.2, 0.25) is 17.0 Å². The number of amides is 2. The van der Waals surface area contributed by atoms with Gasteiger partial charge in [-0.05, 0) is 66.2 Å². The molecule has 0 saturated heterocycles. The van der Waals surface area contributed by atoms with Crippen molar-refractivity contribution in [2.24, 2.45) is 0 Å². The number of aromatic nitrogens is 4. The van der Waals surface area contributed by atoms with Gasteiger partial charge in [0.15, 0.2) is 0 Å². The molecule has 162 valence electrons. The number of ether oxygens (including phenoxy) is 1. The van der Waals surface area contributed by atoms with Crippen LogP contribution in [0.15, 0.2) is 47.6 Å². The van der Waals surface area contributed by atoms with Crippen molar-refractivity contribution in [3.8, 4) is 11.4 Å². The summed E-state index contributed by atoms with van der Waals surface area (Å²) in [5.41, 5.74) is 2.97. The largest absolute Gasteiger partial charge is 0.494 e. The van der Waals surface area contributed by atoms with Crippen LogP contribution in [-0.4, -0.2) is 44.4 Å². The van der Waals surface area contributed by atoms with Gasteiger partial charge >= 0.3 is 0 Å². The van der Waals surface area contributed by atoms with E-state index in [1.165, 1.54) is 11.8 Å². The van der Waals surface area contributed by atoms with E-state index in [0.29, 0.717) is 29.6 Å². The molecule has 2 N–H and O–H groups in total. The van der Waals surface area contributed by atoms with Crippen molar-refractivity contribution in [2.75, 3.05) is 23.0 Å². The summed E-state index contributed by atoms with van der Waals surface area (Å²) in [6, 6.07) is 12.8. The van der Waals surface area contributed by atoms with Crippen molar-refractivity contribution in [1.82, 2.24) is 20.2 Å². The minimum absolute atomic E-state index is 0.0803. The summed E-state index contributed by atoms with van der Waals surface area (Å²) in [4.78, 5) is 24.1. The summed E-state index contributed by atoms with van der Waals surface area (Å²) in [6.45, 7) is 6.20. The Morgan fingerprint density at radius 3 is 2.55 bits per heavy atom. The predicted molar refractivity (Wildman–Crippen MR) is 120 cm³/mol. The molecule has 2 amide bonds. The molecule has 1 aromatic heterocycles. The highest BCUT2D eigenvalue weighted by molar-refractivity contribution is 7.99. The third-order valence-electron chi connectivity index (χ3n) is 4.28. The molecule has 31 heavy (non-hydrogen) atoms. The van der Waals surface area contributed by atoms with E-state index in [9.17, 15) is 9.59 Å². The van der Waals surface area contributed by atoms with E-state index < -0.39 is 0 Å². The number of thioether (sulfide) groups is 1. The van der Waals surface area contributed by atoms with E-state index >= 15 is 0 Å². The Hall–Kier alpha value is -3.40. The Morgan fingerprint density at radius 1 is 1.06 bits per heavy atom. The van der Waals surface area contributed by atoms with Crippen molar-refractivity contribution in [2.45, 2.75) is 32.3 Å². The lowest BCUT2D eigenvalue weighted by Crippen LogP contribution is -2.15. The second kappa shape index (κ2) is 10.6. The summed E-state index contributed by atoms with van der Waals surface area (Å²) in [7, 11) is 0. The highest BCUT2D eigenvalue weighted by Crippen LogP contribution is 2.23. The maximum Gasteiger partial charge on any atom is 0.234 e. The number of hydrogen-bond acceptors (Lipinski definition) is 7. The van der Waals surface area contributed by atoms with E-state index in [2.05, 4.69) is 26.2 Å². The van der Waals surface area contributed by atoms with E-state index in [0.717, 1.165) is 17.0 Å². The molecular formula is C21H24N6O3S. The number of hydrogen-bond donors (Lipinski definition) is 2. The number of rotatable bonds is 9. The Labute approximate surface area is 184 Å². The minimum atomic E-state index is -0.206. The molecule has 10 heteroatoms. The molecule has 3 aromatic rings. The Bertz CT molecular complexity index is 1050. The first kappa shape index (κ1) is 22.3. The molecule has 0 fully saturated rings. The van der Waals surface area contributed by atoms with Crippen molar-refractivity contribution < 1.29 is 14.3 Å². The molecule has 0 atom stereocenters. The van der Waals surface area contributed by atoms with Gasteiger partial charge in [-0.2, -0.15) is 4.68 Å². The molecule has 1 heterocycles. The van der Waals surface area contributed by atoms with Crippen LogP contribution in [0.3, 0.4) is 0 Å². The first-order valence-electron chi connectivity index (χ1n) is 9.85. The lowest BCUT2D eigenvalue weighted by Gasteiger charge is -2.11. The van der Waals surface area contributed by atoms with Crippen LogP contribution in [0.1, 0.15) is 25.8 Å². The second-order valence-corrected chi connectivity index (χ2v) is 7.51. The van der Waals surface area contributed by atoms with Gasteiger partial charge in [0.1, 0.15) is 5.75 Å². The van der Waals surface area contributed by atoms with Gasteiger partial charge in [0.05, 0.1) is 18.0 Å². The highest BCUT2D eigenvalue weighted by atomic mass is 32.2. The smallest absolute Gasteiger partial charge is 0.234 e. The summed E-state index contributed by atoms with van der Waals surface area (Å²) in [6.07, 6.45) is 0.385. The molecule has 0 unspecified atom stereocenters. The van der Waals surface area contributed by atoms with Crippen LogP contribution in [0.4, 0.5) is 11.4 Å². The average molecular weight is 441 g/mol. The van der Waals surface area contributed by atoms with Gasteiger partial charge in [-0.25, -0.2) is 0 Å². The highest BCUT2D eigenvalue weighted by Gasteiger charge is 2.13. The van der Waals surface area contributed by atoms with Crippen molar-refractivity contribution in [1.29, 1.82) is 0 Å². The van der Waals surface area contributed by atoms with E-state index in [-0.39, 0.29) is 17.6 Å². The monoisotopic (exact) mass is 440 g/mol. The zero-order chi connectivity index (χ0) is 22.2. The van der Waals surface area contributed by atoms with Crippen molar-refractivity contribution in [3.63, 3.8) is 0 Å². The summed E-state index contributed by atoms with van der Waals surface area (Å²) >= 11 is 1.23. The number of carbonyl (C=O) groups is 2. The zero-order valence-corrected chi connectivity index (χ0v) is 18.4. The lowest BCUT2D eigenvalue weighted by atomic mass is 10.1. The number of benzene rings is 2. The Kier molecular flexibility index (Phi) is 7.60.